The van der Waals surface area contributed by atoms with Gasteiger partial charge in [-0.2, -0.15) is 13.2 Å². The normalized spacial score (nSPS) is 12.0. The van der Waals surface area contributed by atoms with Crippen LogP contribution in [0.5, 0.6) is 0 Å². The monoisotopic (exact) mass is 351 g/mol. The summed E-state index contributed by atoms with van der Waals surface area (Å²) in [4.78, 5) is 21.9. The van der Waals surface area contributed by atoms with Crippen molar-refractivity contribution in [2.24, 2.45) is 0 Å². The lowest BCUT2D eigenvalue weighted by atomic mass is 9.99. The summed E-state index contributed by atoms with van der Waals surface area (Å²) >= 11 is 1.24. The Labute approximate surface area is 131 Å². The SMILES string of the molecule is CCCCCc1c(C(F)(F)F)cc2sc(=O)sc2c1[N+](=O)[O-]. The molecule has 0 radical (unpaired) electrons. The molecule has 0 aliphatic carbocycles. The van der Waals surface area contributed by atoms with Gasteiger partial charge in [-0.3, -0.25) is 14.9 Å². The second kappa shape index (κ2) is 6.33. The fourth-order valence-corrected chi connectivity index (χ4v) is 4.39. The third kappa shape index (κ3) is 3.30. The third-order valence-electron chi connectivity index (χ3n) is 3.22. The van der Waals surface area contributed by atoms with Crippen molar-refractivity contribution in [2.45, 2.75) is 38.8 Å². The van der Waals surface area contributed by atoms with Gasteiger partial charge in [-0.1, -0.05) is 42.4 Å². The molecule has 0 N–H and O–H groups in total. The first-order valence-electron chi connectivity index (χ1n) is 6.56. The number of hydrogen-bond acceptors (Lipinski definition) is 5. The average molecular weight is 351 g/mol. The standard InChI is InChI=1S/C13H12F3NO3S2/c1-2-3-4-5-7-8(13(14,15)16)6-9-11(10(7)17(19)20)22-12(18)21-9/h6H,2-5H2,1H3. The lowest BCUT2D eigenvalue weighted by molar-refractivity contribution is -0.383. The summed E-state index contributed by atoms with van der Waals surface area (Å²) in [6.07, 6.45) is -2.79. The van der Waals surface area contributed by atoms with Crippen LogP contribution in [0.15, 0.2) is 10.9 Å². The van der Waals surface area contributed by atoms with Crippen LogP contribution in [-0.2, 0) is 12.6 Å². The summed E-state index contributed by atoms with van der Waals surface area (Å²) in [6.45, 7) is 1.90. The van der Waals surface area contributed by atoms with Crippen molar-refractivity contribution in [3.63, 3.8) is 0 Å². The molecular formula is C13H12F3NO3S2. The highest BCUT2D eigenvalue weighted by atomic mass is 32.2. The Morgan fingerprint density at radius 3 is 2.50 bits per heavy atom. The summed E-state index contributed by atoms with van der Waals surface area (Å²) in [5, 5.41) is 11.3. The summed E-state index contributed by atoms with van der Waals surface area (Å²) in [7, 11) is 0. The molecular weight excluding hydrogens is 339 g/mol. The number of nitro groups is 1. The van der Waals surface area contributed by atoms with Gasteiger partial charge in [-0.05, 0) is 18.9 Å². The topological polar surface area (TPSA) is 60.2 Å². The van der Waals surface area contributed by atoms with Crippen molar-refractivity contribution in [1.82, 2.24) is 0 Å². The Balaban J connectivity index is 2.76. The highest BCUT2D eigenvalue weighted by molar-refractivity contribution is 7.35. The number of unbranched alkanes of at least 4 members (excludes halogenated alkanes) is 2. The van der Waals surface area contributed by atoms with E-state index in [0.29, 0.717) is 35.5 Å². The van der Waals surface area contributed by atoms with Gasteiger partial charge in [0.25, 0.3) is 9.74 Å². The predicted octanol–water partition coefficient (Wildman–Crippen LogP) is 4.98. The van der Waals surface area contributed by atoms with Crippen molar-refractivity contribution >= 4 is 37.8 Å². The zero-order valence-corrected chi connectivity index (χ0v) is 13.2. The Kier molecular flexibility index (Phi) is 4.86. The molecule has 1 aromatic heterocycles. The minimum atomic E-state index is -4.68. The summed E-state index contributed by atoms with van der Waals surface area (Å²) in [5.74, 6) is 0. The molecule has 1 heterocycles. The van der Waals surface area contributed by atoms with Crippen LogP contribution in [0.25, 0.3) is 9.40 Å². The van der Waals surface area contributed by atoms with Crippen LogP contribution in [0.3, 0.4) is 0 Å². The zero-order chi connectivity index (χ0) is 16.5. The van der Waals surface area contributed by atoms with E-state index in [9.17, 15) is 28.1 Å². The van der Waals surface area contributed by atoms with E-state index in [1.165, 1.54) is 0 Å². The van der Waals surface area contributed by atoms with Gasteiger partial charge in [0, 0.05) is 5.56 Å². The molecule has 0 fully saturated rings. The Morgan fingerprint density at radius 2 is 1.95 bits per heavy atom. The molecule has 0 saturated heterocycles. The van der Waals surface area contributed by atoms with Gasteiger partial charge >= 0.3 is 6.18 Å². The smallest absolute Gasteiger partial charge is 0.265 e. The van der Waals surface area contributed by atoms with E-state index in [4.69, 9.17) is 0 Å². The Hall–Kier alpha value is -1.48. The van der Waals surface area contributed by atoms with Crippen LogP contribution in [0.4, 0.5) is 18.9 Å². The molecule has 0 aliphatic rings. The van der Waals surface area contributed by atoms with Crippen molar-refractivity contribution in [1.29, 1.82) is 0 Å². The van der Waals surface area contributed by atoms with Crippen LogP contribution >= 0.6 is 22.7 Å². The minimum Gasteiger partial charge on any atom is -0.265 e. The van der Waals surface area contributed by atoms with Crippen molar-refractivity contribution in [2.75, 3.05) is 0 Å². The minimum absolute atomic E-state index is 0.0215. The highest BCUT2D eigenvalue weighted by Crippen LogP contribution is 2.43. The lowest BCUT2D eigenvalue weighted by Gasteiger charge is -2.13. The quantitative estimate of drug-likeness (QED) is 0.433. The third-order valence-corrected chi connectivity index (χ3v) is 5.34. The molecule has 9 heteroatoms. The molecule has 0 bridgehead atoms. The summed E-state index contributed by atoms with van der Waals surface area (Å²) in [5.41, 5.74) is -1.88. The molecule has 0 saturated carbocycles. The Bertz CT molecular complexity index is 764. The maximum Gasteiger partial charge on any atom is 0.416 e. The van der Waals surface area contributed by atoms with Gasteiger partial charge < -0.3 is 0 Å². The van der Waals surface area contributed by atoms with Gasteiger partial charge in [0.2, 0.25) is 0 Å². The highest BCUT2D eigenvalue weighted by Gasteiger charge is 2.38. The number of fused-ring (bicyclic) bond motifs is 1. The summed E-state index contributed by atoms with van der Waals surface area (Å²) in [6, 6.07) is 0.867. The number of benzene rings is 1. The first-order chi connectivity index (χ1) is 10.3. The van der Waals surface area contributed by atoms with E-state index in [1.54, 1.807) is 0 Å². The van der Waals surface area contributed by atoms with Gasteiger partial charge in [-0.25, -0.2) is 0 Å². The number of alkyl halides is 3. The van der Waals surface area contributed by atoms with E-state index in [1.807, 2.05) is 6.92 Å². The Morgan fingerprint density at radius 1 is 1.27 bits per heavy atom. The second-order valence-electron chi connectivity index (χ2n) is 4.74. The van der Waals surface area contributed by atoms with Gasteiger partial charge in [0.1, 0.15) is 4.70 Å². The van der Waals surface area contributed by atoms with Gasteiger partial charge in [0.15, 0.2) is 0 Å². The number of nitrogens with zero attached hydrogens (tertiary/aromatic N) is 1. The van der Waals surface area contributed by atoms with Gasteiger partial charge in [-0.15, -0.1) is 0 Å². The molecule has 0 aliphatic heterocycles. The van der Waals surface area contributed by atoms with Crippen LogP contribution in [0, 0.1) is 10.1 Å². The van der Waals surface area contributed by atoms with E-state index in [2.05, 4.69) is 0 Å². The molecule has 0 spiro atoms. The number of hydrogen-bond donors (Lipinski definition) is 0. The zero-order valence-electron chi connectivity index (χ0n) is 11.5. The molecule has 0 unspecified atom stereocenters. The molecule has 22 heavy (non-hydrogen) atoms. The van der Waals surface area contributed by atoms with E-state index >= 15 is 0 Å². The van der Waals surface area contributed by atoms with E-state index in [0.717, 1.165) is 12.5 Å². The molecule has 0 amide bonds. The second-order valence-corrected chi connectivity index (χ2v) is 7.00. The van der Waals surface area contributed by atoms with Crippen LogP contribution in [0.2, 0.25) is 0 Å². The van der Waals surface area contributed by atoms with Crippen LogP contribution < -0.4 is 4.06 Å². The van der Waals surface area contributed by atoms with Crippen LogP contribution in [0.1, 0.15) is 37.3 Å². The number of halogens is 3. The van der Waals surface area contributed by atoms with Crippen LogP contribution in [-0.4, -0.2) is 4.92 Å². The fraction of sp³-hybridized carbons (Fsp3) is 0.462. The summed E-state index contributed by atoms with van der Waals surface area (Å²) < 4.78 is 39.3. The van der Waals surface area contributed by atoms with Crippen molar-refractivity contribution in [3.8, 4) is 0 Å². The molecule has 2 aromatic rings. The molecule has 4 nitrogen and oxygen atoms in total. The maximum atomic E-state index is 13.2. The number of rotatable bonds is 5. The van der Waals surface area contributed by atoms with Crippen molar-refractivity contribution < 1.29 is 18.1 Å². The first kappa shape index (κ1) is 16.9. The van der Waals surface area contributed by atoms with Crippen molar-refractivity contribution in [3.05, 3.63) is 36.2 Å². The molecule has 0 atom stereocenters. The predicted molar refractivity (Wildman–Crippen MR) is 80.9 cm³/mol. The number of nitro benzene ring substituents is 1. The average Bonchev–Trinajstić information content (AvgIpc) is 2.76. The first-order valence-corrected chi connectivity index (χ1v) is 8.20. The van der Waals surface area contributed by atoms with E-state index in [-0.39, 0.29) is 21.4 Å². The largest absolute Gasteiger partial charge is 0.416 e. The van der Waals surface area contributed by atoms with E-state index < -0.39 is 26.4 Å². The molecule has 1 aromatic carbocycles. The lowest BCUT2D eigenvalue weighted by Crippen LogP contribution is -2.11. The fourth-order valence-electron chi connectivity index (χ4n) is 2.28. The molecule has 2 rings (SSSR count). The van der Waals surface area contributed by atoms with Gasteiger partial charge in [0.05, 0.1) is 15.2 Å². The maximum absolute atomic E-state index is 13.2. The molecule has 120 valence electrons.